The number of rotatable bonds is 8. The van der Waals surface area contributed by atoms with E-state index in [0.717, 1.165) is 18.2 Å². The first-order chi connectivity index (χ1) is 14.8. The van der Waals surface area contributed by atoms with Gasteiger partial charge in [0.1, 0.15) is 5.75 Å². The molecule has 0 heterocycles. The van der Waals surface area contributed by atoms with Gasteiger partial charge in [0.05, 0.1) is 30.9 Å². The number of sulfonamides is 1. The first kappa shape index (κ1) is 24.8. The van der Waals surface area contributed by atoms with Gasteiger partial charge < -0.3 is 20.9 Å². The van der Waals surface area contributed by atoms with Crippen LogP contribution in [0.5, 0.6) is 5.75 Å². The summed E-state index contributed by atoms with van der Waals surface area (Å²) in [6.45, 7) is 0. The van der Waals surface area contributed by atoms with Gasteiger partial charge in [-0.1, -0.05) is 0 Å². The molecule has 9 nitrogen and oxygen atoms in total. The zero-order valence-corrected chi connectivity index (χ0v) is 16.7. The Hall–Kier alpha value is -3.46. The fourth-order valence-corrected chi connectivity index (χ4v) is 3.59. The third-order valence-corrected chi connectivity index (χ3v) is 5.28. The van der Waals surface area contributed by atoms with Crippen molar-refractivity contribution < 1.29 is 49.8 Å². The fraction of sp³-hybridized carbons (Fsp3) is 0.176. The van der Waals surface area contributed by atoms with E-state index in [1.165, 1.54) is 7.11 Å². The van der Waals surface area contributed by atoms with E-state index in [-0.39, 0.29) is 11.4 Å². The summed E-state index contributed by atoms with van der Waals surface area (Å²) < 4.78 is 98.9. The van der Waals surface area contributed by atoms with E-state index in [1.807, 2.05) is 0 Å². The van der Waals surface area contributed by atoms with E-state index in [1.54, 1.807) is 4.72 Å². The van der Waals surface area contributed by atoms with Crippen LogP contribution in [-0.4, -0.2) is 38.6 Å². The molecule has 0 spiro atoms. The van der Waals surface area contributed by atoms with Gasteiger partial charge in [-0.15, -0.1) is 0 Å². The lowest BCUT2D eigenvalue weighted by Gasteiger charge is -2.16. The van der Waals surface area contributed by atoms with Crippen molar-refractivity contribution in [2.45, 2.75) is 17.4 Å². The molecular weight excluding hydrogens is 469 g/mol. The predicted octanol–water partition coefficient (Wildman–Crippen LogP) is 1.93. The maximum atomic E-state index is 13.9. The summed E-state index contributed by atoms with van der Waals surface area (Å²) in [4.78, 5) is 20.6. The number of carbonyl (C=O) groups excluding carboxylic acids is 1. The largest absolute Gasteiger partial charge is 0.495 e. The number of amides is 1. The molecule has 2 rings (SSSR count). The standard InChI is InChI=1S/C17H14F5N3O6S/c1-31-9-3-2-6(4-8(9)24-17(28)7(23)5-10(26)27)25-32(29,30)16-14(21)12(19)11(18)13(20)15(16)22/h2-4,7,25H,5,23H2,1H3,(H,24,28)(H,26,27)/t7-/m0/s1. The van der Waals surface area contributed by atoms with Gasteiger partial charge >= 0.3 is 5.97 Å². The smallest absolute Gasteiger partial charge is 0.305 e. The Bertz CT molecular complexity index is 1160. The minimum atomic E-state index is -5.34. The molecule has 0 fully saturated rings. The van der Waals surface area contributed by atoms with E-state index in [2.05, 4.69) is 5.32 Å². The Morgan fingerprint density at radius 3 is 2.09 bits per heavy atom. The van der Waals surface area contributed by atoms with Crippen LogP contribution in [0, 0.1) is 29.1 Å². The number of benzene rings is 2. The van der Waals surface area contributed by atoms with E-state index in [0.29, 0.717) is 0 Å². The fourth-order valence-electron chi connectivity index (χ4n) is 2.40. The number of hydrogen-bond donors (Lipinski definition) is 4. The Balaban J connectivity index is 2.43. The van der Waals surface area contributed by atoms with Gasteiger partial charge in [0.25, 0.3) is 10.0 Å². The van der Waals surface area contributed by atoms with Crippen molar-refractivity contribution in [2.24, 2.45) is 5.73 Å². The van der Waals surface area contributed by atoms with Gasteiger partial charge in [-0.3, -0.25) is 14.3 Å². The molecule has 0 saturated heterocycles. The summed E-state index contributed by atoms with van der Waals surface area (Å²) >= 11 is 0. The van der Waals surface area contributed by atoms with Crippen molar-refractivity contribution in [3.63, 3.8) is 0 Å². The summed E-state index contributed by atoms with van der Waals surface area (Å²) in [5.74, 6) is -15.0. The molecule has 1 amide bonds. The summed E-state index contributed by atoms with van der Waals surface area (Å²) in [7, 11) is -4.17. The lowest BCUT2D eigenvalue weighted by atomic mass is 10.2. The van der Waals surface area contributed by atoms with Crippen molar-refractivity contribution in [3.8, 4) is 5.75 Å². The maximum Gasteiger partial charge on any atom is 0.305 e. The van der Waals surface area contributed by atoms with Crippen molar-refractivity contribution >= 4 is 33.3 Å². The molecule has 1 atom stereocenters. The molecule has 0 bridgehead atoms. The number of carbonyl (C=O) groups is 2. The van der Waals surface area contributed by atoms with Gasteiger partial charge in [-0.25, -0.2) is 30.4 Å². The van der Waals surface area contributed by atoms with Crippen LogP contribution in [0.25, 0.3) is 0 Å². The van der Waals surface area contributed by atoms with Crippen LogP contribution in [0.15, 0.2) is 23.1 Å². The number of aliphatic carboxylic acids is 1. The van der Waals surface area contributed by atoms with Gasteiger partial charge in [0.2, 0.25) is 11.7 Å². The number of carboxylic acid groups (broad SMARTS) is 1. The molecule has 0 unspecified atom stereocenters. The number of nitrogens with one attached hydrogen (secondary N) is 2. The average Bonchev–Trinajstić information content (AvgIpc) is 2.70. The third kappa shape index (κ3) is 5.05. The zero-order valence-electron chi connectivity index (χ0n) is 15.9. The predicted molar refractivity (Wildman–Crippen MR) is 98.9 cm³/mol. The highest BCUT2D eigenvalue weighted by atomic mass is 32.2. The van der Waals surface area contributed by atoms with Crippen LogP contribution in [0.2, 0.25) is 0 Å². The zero-order chi connectivity index (χ0) is 24.4. The van der Waals surface area contributed by atoms with Crippen LogP contribution in [0.3, 0.4) is 0 Å². The number of ether oxygens (including phenoxy) is 1. The van der Waals surface area contributed by atoms with Crippen LogP contribution < -0.4 is 20.5 Å². The molecule has 15 heteroatoms. The molecule has 0 aliphatic rings. The quantitative estimate of drug-likeness (QED) is 0.255. The number of halogens is 5. The lowest BCUT2D eigenvalue weighted by molar-refractivity contribution is -0.138. The average molecular weight is 483 g/mol. The second-order valence-corrected chi connectivity index (χ2v) is 7.73. The van der Waals surface area contributed by atoms with Crippen LogP contribution >= 0.6 is 0 Å². The second-order valence-electron chi connectivity index (χ2n) is 6.11. The number of nitrogens with two attached hydrogens (primary N) is 1. The summed E-state index contributed by atoms with van der Waals surface area (Å²) in [5, 5.41) is 10.9. The highest BCUT2D eigenvalue weighted by Crippen LogP contribution is 2.31. The van der Waals surface area contributed by atoms with Gasteiger partial charge in [0, 0.05) is 0 Å². The topological polar surface area (TPSA) is 148 Å². The van der Waals surface area contributed by atoms with Crippen molar-refractivity contribution in [1.82, 2.24) is 0 Å². The lowest BCUT2D eigenvalue weighted by Crippen LogP contribution is -2.37. The van der Waals surface area contributed by atoms with Crippen LogP contribution in [0.4, 0.5) is 33.3 Å². The van der Waals surface area contributed by atoms with Crippen molar-refractivity contribution in [3.05, 3.63) is 47.3 Å². The normalized spacial score (nSPS) is 12.2. The molecular formula is C17H14F5N3O6S. The maximum absolute atomic E-state index is 13.9. The first-order valence-corrected chi connectivity index (χ1v) is 9.79. The number of anilines is 2. The Labute approximate surface area is 177 Å². The molecule has 32 heavy (non-hydrogen) atoms. The highest BCUT2D eigenvalue weighted by Gasteiger charge is 2.33. The van der Waals surface area contributed by atoms with Crippen molar-refractivity contribution in [2.75, 3.05) is 17.1 Å². The molecule has 0 aliphatic heterocycles. The van der Waals surface area contributed by atoms with E-state index >= 15 is 0 Å². The van der Waals surface area contributed by atoms with E-state index in [4.69, 9.17) is 15.6 Å². The molecule has 2 aromatic carbocycles. The Morgan fingerprint density at radius 2 is 1.59 bits per heavy atom. The van der Waals surface area contributed by atoms with E-state index < -0.39 is 74.0 Å². The molecule has 174 valence electrons. The molecule has 0 aliphatic carbocycles. The van der Waals surface area contributed by atoms with Crippen LogP contribution in [0.1, 0.15) is 6.42 Å². The molecule has 5 N–H and O–H groups in total. The minimum Gasteiger partial charge on any atom is -0.495 e. The van der Waals surface area contributed by atoms with Gasteiger partial charge in [-0.2, -0.15) is 0 Å². The second kappa shape index (κ2) is 9.35. The Kier molecular flexibility index (Phi) is 7.25. The SMILES string of the molecule is COc1ccc(NS(=O)(=O)c2c(F)c(F)c(F)c(F)c2F)cc1NC(=O)[C@@H](N)CC(=O)O. The van der Waals surface area contributed by atoms with Gasteiger partial charge in [0.15, 0.2) is 28.2 Å². The van der Waals surface area contributed by atoms with E-state index in [9.17, 15) is 40.0 Å². The number of carboxylic acids is 1. The summed E-state index contributed by atoms with van der Waals surface area (Å²) in [6, 6.07) is 1.48. The number of methoxy groups -OCH3 is 1. The highest BCUT2D eigenvalue weighted by molar-refractivity contribution is 7.92. The minimum absolute atomic E-state index is 0.0555. The third-order valence-electron chi connectivity index (χ3n) is 3.88. The molecule has 0 radical (unpaired) electrons. The Morgan fingerprint density at radius 1 is 1.06 bits per heavy atom. The number of hydrogen-bond acceptors (Lipinski definition) is 6. The molecule has 0 saturated carbocycles. The molecule has 2 aromatic rings. The first-order valence-electron chi connectivity index (χ1n) is 8.30. The molecule has 0 aromatic heterocycles. The summed E-state index contributed by atoms with van der Waals surface area (Å²) in [6.07, 6.45) is -0.735. The monoisotopic (exact) mass is 483 g/mol. The summed E-state index contributed by atoms with van der Waals surface area (Å²) in [5.41, 5.74) is 4.70. The van der Waals surface area contributed by atoms with Gasteiger partial charge in [-0.05, 0) is 18.2 Å². The van der Waals surface area contributed by atoms with Crippen LogP contribution in [-0.2, 0) is 19.6 Å². The van der Waals surface area contributed by atoms with Crippen molar-refractivity contribution in [1.29, 1.82) is 0 Å².